The summed E-state index contributed by atoms with van der Waals surface area (Å²) in [7, 11) is 1.62. The van der Waals surface area contributed by atoms with E-state index in [1.165, 1.54) is 18.2 Å². The predicted octanol–water partition coefficient (Wildman–Crippen LogP) is 3.33. The summed E-state index contributed by atoms with van der Waals surface area (Å²) in [6.07, 6.45) is 0. The summed E-state index contributed by atoms with van der Waals surface area (Å²) in [6.45, 7) is 2.25. The van der Waals surface area contributed by atoms with Gasteiger partial charge in [-0.1, -0.05) is 12.1 Å². The third-order valence-corrected chi connectivity index (χ3v) is 3.00. The summed E-state index contributed by atoms with van der Waals surface area (Å²) in [4.78, 5) is 16.3. The van der Waals surface area contributed by atoms with Crippen molar-refractivity contribution in [2.75, 3.05) is 23.8 Å². The van der Waals surface area contributed by atoms with Crippen molar-refractivity contribution in [1.82, 2.24) is 4.98 Å². The van der Waals surface area contributed by atoms with Gasteiger partial charge in [0.25, 0.3) is 5.69 Å². The molecule has 0 aliphatic heterocycles. The zero-order valence-electron chi connectivity index (χ0n) is 11.7. The lowest BCUT2D eigenvalue weighted by molar-refractivity contribution is -0.384. The van der Waals surface area contributed by atoms with Crippen molar-refractivity contribution in [1.29, 1.82) is 0 Å². The molecule has 0 saturated carbocycles. The van der Waals surface area contributed by atoms with Crippen molar-refractivity contribution in [3.8, 4) is 0 Å². The normalized spacial score (nSPS) is 10.2. The Morgan fingerprint density at radius 2 is 2.10 bits per heavy atom. The first kappa shape index (κ1) is 14.7. The van der Waals surface area contributed by atoms with Crippen LogP contribution >= 0.6 is 0 Å². The number of benzene rings is 1. The lowest BCUT2D eigenvalue weighted by Gasteiger charge is -2.22. The minimum Gasteiger partial charge on any atom is -0.373 e. The summed E-state index contributed by atoms with van der Waals surface area (Å²) < 4.78 is 13.9. The molecule has 7 heteroatoms. The Morgan fingerprint density at radius 3 is 2.67 bits per heavy atom. The Morgan fingerprint density at radius 1 is 1.38 bits per heavy atom. The number of hydrogen-bond donors (Lipinski definition) is 1. The largest absolute Gasteiger partial charge is 0.373 e. The van der Waals surface area contributed by atoms with Gasteiger partial charge < -0.3 is 10.2 Å². The van der Waals surface area contributed by atoms with Gasteiger partial charge in [-0.2, -0.15) is 0 Å². The number of nitrogens with one attached hydrogen (secondary N) is 1. The molecule has 6 nitrogen and oxygen atoms in total. The highest BCUT2D eigenvalue weighted by atomic mass is 19.1. The first-order valence-electron chi connectivity index (χ1n) is 6.43. The van der Waals surface area contributed by atoms with Crippen LogP contribution in [0, 0.1) is 15.9 Å². The molecule has 1 aromatic carbocycles. The van der Waals surface area contributed by atoms with Crippen LogP contribution < -0.4 is 10.2 Å². The third-order valence-electron chi connectivity index (χ3n) is 3.00. The molecule has 1 N–H and O–H groups in total. The first-order valence-corrected chi connectivity index (χ1v) is 6.43. The fourth-order valence-electron chi connectivity index (χ4n) is 2.00. The van der Waals surface area contributed by atoms with E-state index in [1.54, 1.807) is 30.1 Å². The number of halogens is 1. The van der Waals surface area contributed by atoms with Gasteiger partial charge in [0.1, 0.15) is 17.5 Å². The second kappa shape index (κ2) is 6.17. The molecule has 0 saturated heterocycles. The van der Waals surface area contributed by atoms with Crippen molar-refractivity contribution >= 4 is 23.0 Å². The van der Waals surface area contributed by atoms with Crippen LogP contribution in [0.1, 0.15) is 6.92 Å². The predicted molar refractivity (Wildman–Crippen MR) is 79.5 cm³/mol. The van der Waals surface area contributed by atoms with Crippen molar-refractivity contribution < 1.29 is 9.31 Å². The van der Waals surface area contributed by atoms with E-state index in [0.29, 0.717) is 23.9 Å². The molecule has 0 fully saturated rings. The number of rotatable bonds is 5. The Bertz CT molecular complexity index is 663. The second-order valence-electron chi connectivity index (χ2n) is 4.27. The van der Waals surface area contributed by atoms with E-state index < -0.39 is 10.7 Å². The van der Waals surface area contributed by atoms with Crippen molar-refractivity contribution in [2.24, 2.45) is 0 Å². The number of nitrogens with zero attached hydrogens (tertiary/aromatic N) is 3. The van der Waals surface area contributed by atoms with Crippen LogP contribution in [0.5, 0.6) is 0 Å². The maximum atomic E-state index is 13.9. The summed E-state index contributed by atoms with van der Waals surface area (Å²) in [6, 6.07) is 8.91. The van der Waals surface area contributed by atoms with E-state index in [4.69, 9.17) is 0 Å². The number of aromatic nitrogens is 1. The third kappa shape index (κ3) is 3.07. The maximum Gasteiger partial charge on any atom is 0.276 e. The molecule has 2 rings (SSSR count). The van der Waals surface area contributed by atoms with Crippen LogP contribution in [-0.2, 0) is 0 Å². The van der Waals surface area contributed by atoms with Crippen LogP contribution in [0.2, 0.25) is 0 Å². The zero-order chi connectivity index (χ0) is 15.4. The lowest BCUT2D eigenvalue weighted by atomic mass is 10.2. The van der Waals surface area contributed by atoms with Gasteiger partial charge in [0.15, 0.2) is 0 Å². The monoisotopic (exact) mass is 290 g/mol. The molecule has 21 heavy (non-hydrogen) atoms. The highest BCUT2D eigenvalue weighted by molar-refractivity contribution is 5.65. The van der Waals surface area contributed by atoms with Crippen LogP contribution in [0.4, 0.5) is 27.4 Å². The second-order valence-corrected chi connectivity index (χ2v) is 4.27. The Kier molecular flexibility index (Phi) is 4.32. The molecule has 0 aliphatic rings. The molecule has 2 aromatic rings. The highest BCUT2D eigenvalue weighted by Crippen LogP contribution is 2.30. The van der Waals surface area contributed by atoms with Crippen LogP contribution in [0.3, 0.4) is 0 Å². The van der Waals surface area contributed by atoms with E-state index in [1.807, 2.05) is 6.92 Å². The SMILES string of the molecule is CCN(c1cc([N+](=O)[O-])cc(NC)n1)c1ccccc1F. The minimum atomic E-state index is -0.499. The quantitative estimate of drug-likeness (QED) is 0.675. The van der Waals surface area contributed by atoms with Gasteiger partial charge in [0, 0.05) is 13.6 Å². The van der Waals surface area contributed by atoms with E-state index >= 15 is 0 Å². The first-order chi connectivity index (χ1) is 10.1. The molecule has 0 bridgehead atoms. The molecular weight excluding hydrogens is 275 g/mol. The fourth-order valence-corrected chi connectivity index (χ4v) is 2.00. The average Bonchev–Trinajstić information content (AvgIpc) is 2.49. The minimum absolute atomic E-state index is 0.0980. The van der Waals surface area contributed by atoms with Gasteiger partial charge >= 0.3 is 0 Å². The Labute approximate surface area is 121 Å². The van der Waals surface area contributed by atoms with Gasteiger partial charge in [-0.15, -0.1) is 0 Å². The fraction of sp³-hybridized carbons (Fsp3) is 0.214. The van der Waals surface area contributed by atoms with E-state index in [9.17, 15) is 14.5 Å². The summed E-state index contributed by atoms with van der Waals surface area (Å²) in [5.74, 6) is 0.272. The number of nitro groups is 1. The van der Waals surface area contributed by atoms with Gasteiger partial charge in [-0.05, 0) is 19.1 Å². The highest BCUT2D eigenvalue weighted by Gasteiger charge is 2.17. The zero-order valence-corrected chi connectivity index (χ0v) is 11.7. The van der Waals surface area contributed by atoms with E-state index in [2.05, 4.69) is 10.3 Å². The molecule has 0 radical (unpaired) electrons. The summed E-state index contributed by atoms with van der Waals surface area (Å²) in [5.41, 5.74) is 0.231. The average molecular weight is 290 g/mol. The molecule has 0 aliphatic carbocycles. The maximum absolute atomic E-state index is 13.9. The number of hydrogen-bond acceptors (Lipinski definition) is 5. The Hall–Kier alpha value is -2.70. The molecule has 110 valence electrons. The summed E-state index contributed by atoms with van der Waals surface area (Å²) >= 11 is 0. The van der Waals surface area contributed by atoms with E-state index in [0.717, 1.165) is 0 Å². The topological polar surface area (TPSA) is 71.3 Å². The molecule has 0 unspecified atom stereocenters. The smallest absolute Gasteiger partial charge is 0.276 e. The van der Waals surface area contributed by atoms with Gasteiger partial charge in [-0.3, -0.25) is 10.1 Å². The van der Waals surface area contributed by atoms with Crippen molar-refractivity contribution in [2.45, 2.75) is 6.92 Å². The van der Waals surface area contributed by atoms with Crippen LogP contribution in [0.25, 0.3) is 0 Å². The number of para-hydroxylation sites is 1. The van der Waals surface area contributed by atoms with Gasteiger partial charge in [0.2, 0.25) is 0 Å². The molecule has 1 heterocycles. The lowest BCUT2D eigenvalue weighted by Crippen LogP contribution is -2.19. The number of pyridine rings is 1. The molecule has 0 amide bonds. The molecular formula is C14H15FN4O2. The van der Waals surface area contributed by atoms with Gasteiger partial charge in [0.05, 0.1) is 22.7 Å². The van der Waals surface area contributed by atoms with Gasteiger partial charge in [-0.25, -0.2) is 9.37 Å². The Balaban J connectivity index is 2.54. The molecule has 0 atom stereocenters. The molecule has 1 aromatic heterocycles. The van der Waals surface area contributed by atoms with Crippen molar-refractivity contribution in [3.05, 3.63) is 52.3 Å². The van der Waals surface area contributed by atoms with E-state index in [-0.39, 0.29) is 5.69 Å². The number of anilines is 3. The van der Waals surface area contributed by atoms with Crippen LogP contribution in [0.15, 0.2) is 36.4 Å². The molecule has 0 spiro atoms. The summed E-state index contributed by atoms with van der Waals surface area (Å²) in [5, 5.41) is 13.8. The van der Waals surface area contributed by atoms with Crippen molar-refractivity contribution in [3.63, 3.8) is 0 Å². The standard InChI is InChI=1S/C14H15FN4O2/c1-3-18(12-7-5-4-6-11(12)15)14-9-10(19(20)21)8-13(16-2)17-14/h4-9H,3H2,1-2H3,(H,16,17). The van der Waals surface area contributed by atoms with Crippen LogP contribution in [-0.4, -0.2) is 23.5 Å².